The summed E-state index contributed by atoms with van der Waals surface area (Å²) < 4.78 is 5.29. The summed E-state index contributed by atoms with van der Waals surface area (Å²) in [6.07, 6.45) is 0. The van der Waals surface area contributed by atoms with Crippen LogP contribution in [0.1, 0.15) is 5.56 Å². The predicted octanol–water partition coefficient (Wildman–Crippen LogP) is 2.47. The van der Waals surface area contributed by atoms with E-state index in [0.29, 0.717) is 4.90 Å². The fraction of sp³-hybridized carbons (Fsp3) is 0.455. The zero-order chi connectivity index (χ0) is 11.4. The minimum absolute atomic E-state index is 0.255. The number of ether oxygens (including phenoxy) is 1. The highest BCUT2D eigenvalue weighted by Crippen LogP contribution is 2.31. The van der Waals surface area contributed by atoms with Crippen LogP contribution in [-0.4, -0.2) is 36.3 Å². The Hall–Kier alpha value is -0.420. The largest absolute Gasteiger partial charge is 0.507 e. The van der Waals surface area contributed by atoms with Gasteiger partial charge in [-0.1, -0.05) is 6.07 Å². The second kappa shape index (κ2) is 5.77. The van der Waals surface area contributed by atoms with Crippen LogP contribution in [-0.2, 0) is 11.3 Å². The molecule has 1 fully saturated rings. The molecule has 0 atom stereocenters. The molecule has 1 aliphatic heterocycles. The lowest BCUT2D eigenvalue weighted by Gasteiger charge is -2.26. The lowest BCUT2D eigenvalue weighted by Crippen LogP contribution is -2.35. The zero-order valence-corrected chi connectivity index (χ0v) is 10.4. The number of nitrogens with zero attached hydrogens (tertiary/aromatic N) is 1. The molecular weight excluding hydrogens is 246 g/mol. The highest BCUT2D eigenvalue weighted by Gasteiger charge is 2.11. The maximum absolute atomic E-state index is 9.67. The fourth-order valence-electron chi connectivity index (χ4n) is 1.74. The van der Waals surface area contributed by atoms with Gasteiger partial charge in [-0.05, 0) is 39.4 Å². The number of rotatable bonds is 3. The molecule has 0 saturated carbocycles. The molecule has 2 rings (SSSR count). The van der Waals surface area contributed by atoms with Gasteiger partial charge in [-0.2, -0.15) is 0 Å². The minimum Gasteiger partial charge on any atom is -0.507 e. The van der Waals surface area contributed by atoms with Crippen molar-refractivity contribution in [2.24, 2.45) is 0 Å². The standard InChI is InChI=1S/C11H14ClNO2S/c12-16-11-2-1-9(7-10(11)14)8-13-3-5-15-6-4-13/h1-2,7,14H,3-6,8H2. The quantitative estimate of drug-likeness (QED) is 0.904. The molecule has 0 spiro atoms. The Bertz CT molecular complexity index is 356. The highest BCUT2D eigenvalue weighted by molar-refractivity contribution is 8.21. The van der Waals surface area contributed by atoms with Gasteiger partial charge in [0, 0.05) is 19.6 Å². The van der Waals surface area contributed by atoms with E-state index in [2.05, 4.69) is 4.90 Å². The molecule has 0 bridgehead atoms. The molecule has 1 aliphatic rings. The average molecular weight is 260 g/mol. The number of halogens is 1. The molecule has 1 aromatic carbocycles. The topological polar surface area (TPSA) is 32.7 Å². The first-order chi connectivity index (χ1) is 7.79. The summed E-state index contributed by atoms with van der Waals surface area (Å²) in [5.74, 6) is 0.255. The molecule has 88 valence electrons. The van der Waals surface area contributed by atoms with Crippen molar-refractivity contribution in [1.82, 2.24) is 4.90 Å². The monoisotopic (exact) mass is 259 g/mol. The Morgan fingerprint density at radius 2 is 2.12 bits per heavy atom. The predicted molar refractivity (Wildman–Crippen MR) is 65.9 cm³/mol. The molecule has 0 aromatic heterocycles. The number of morpholine rings is 1. The van der Waals surface area contributed by atoms with Gasteiger partial charge >= 0.3 is 0 Å². The minimum atomic E-state index is 0.255. The maximum Gasteiger partial charge on any atom is 0.130 e. The Morgan fingerprint density at radius 1 is 1.38 bits per heavy atom. The van der Waals surface area contributed by atoms with E-state index in [-0.39, 0.29) is 5.75 Å². The molecule has 1 N–H and O–H groups in total. The van der Waals surface area contributed by atoms with Crippen molar-refractivity contribution in [1.29, 1.82) is 0 Å². The lowest BCUT2D eigenvalue weighted by atomic mass is 10.2. The molecule has 16 heavy (non-hydrogen) atoms. The normalized spacial score (nSPS) is 17.6. The van der Waals surface area contributed by atoms with Gasteiger partial charge in [0.15, 0.2) is 0 Å². The molecule has 0 aliphatic carbocycles. The second-order valence-electron chi connectivity index (χ2n) is 3.77. The first-order valence-electron chi connectivity index (χ1n) is 5.20. The second-order valence-corrected chi connectivity index (χ2v) is 4.82. The van der Waals surface area contributed by atoms with Gasteiger partial charge in [0.2, 0.25) is 0 Å². The first-order valence-corrected chi connectivity index (χ1v) is 6.84. The van der Waals surface area contributed by atoms with E-state index in [1.165, 1.54) is 0 Å². The molecule has 1 heterocycles. The summed E-state index contributed by atoms with van der Waals surface area (Å²) in [4.78, 5) is 3.01. The van der Waals surface area contributed by atoms with Crippen molar-refractivity contribution in [3.8, 4) is 5.75 Å². The third-order valence-corrected chi connectivity index (χ3v) is 3.63. The van der Waals surface area contributed by atoms with E-state index < -0.39 is 0 Å². The third kappa shape index (κ3) is 3.04. The van der Waals surface area contributed by atoms with Crippen molar-refractivity contribution in [2.75, 3.05) is 26.3 Å². The highest BCUT2D eigenvalue weighted by atomic mass is 35.7. The number of phenolic OH excluding ortho intramolecular Hbond substituents is 1. The SMILES string of the molecule is Oc1cc(CN2CCOCC2)ccc1SCl. The Kier molecular flexibility index (Phi) is 4.35. The van der Waals surface area contributed by atoms with Crippen LogP contribution in [0.2, 0.25) is 0 Å². The van der Waals surface area contributed by atoms with E-state index in [0.717, 1.165) is 49.4 Å². The van der Waals surface area contributed by atoms with E-state index >= 15 is 0 Å². The van der Waals surface area contributed by atoms with Crippen LogP contribution in [0.3, 0.4) is 0 Å². The molecule has 1 aromatic rings. The Morgan fingerprint density at radius 3 is 2.75 bits per heavy atom. The van der Waals surface area contributed by atoms with E-state index in [1.807, 2.05) is 12.1 Å². The Balaban J connectivity index is 2.01. The van der Waals surface area contributed by atoms with Crippen LogP contribution in [0.25, 0.3) is 0 Å². The van der Waals surface area contributed by atoms with Gasteiger partial charge in [0.1, 0.15) is 5.75 Å². The van der Waals surface area contributed by atoms with Crippen molar-refractivity contribution in [3.63, 3.8) is 0 Å². The van der Waals surface area contributed by atoms with E-state index in [1.54, 1.807) is 6.07 Å². The number of hydrogen-bond donors (Lipinski definition) is 1. The number of benzene rings is 1. The lowest BCUT2D eigenvalue weighted by molar-refractivity contribution is 0.0341. The molecule has 0 unspecified atom stereocenters. The van der Waals surface area contributed by atoms with Crippen LogP contribution in [0, 0.1) is 0 Å². The number of hydrogen-bond acceptors (Lipinski definition) is 4. The summed E-state index contributed by atoms with van der Waals surface area (Å²) in [6, 6.07) is 5.63. The van der Waals surface area contributed by atoms with Crippen molar-refractivity contribution < 1.29 is 9.84 Å². The molecule has 1 saturated heterocycles. The van der Waals surface area contributed by atoms with Crippen LogP contribution in [0.15, 0.2) is 23.1 Å². The molecule has 0 radical (unpaired) electrons. The summed E-state index contributed by atoms with van der Waals surface area (Å²) in [6.45, 7) is 4.34. The van der Waals surface area contributed by atoms with Gasteiger partial charge in [-0.3, -0.25) is 4.90 Å². The van der Waals surface area contributed by atoms with Crippen molar-refractivity contribution in [3.05, 3.63) is 23.8 Å². The summed E-state index contributed by atoms with van der Waals surface area (Å²) in [5, 5.41) is 9.67. The fourth-order valence-corrected chi connectivity index (χ4v) is 2.39. The molecule has 3 nitrogen and oxygen atoms in total. The summed E-state index contributed by atoms with van der Waals surface area (Å²) in [7, 11) is 6.64. The molecule has 0 amide bonds. The van der Waals surface area contributed by atoms with Crippen LogP contribution in [0.5, 0.6) is 5.75 Å². The third-order valence-electron chi connectivity index (χ3n) is 2.62. The van der Waals surface area contributed by atoms with Crippen LogP contribution < -0.4 is 0 Å². The van der Waals surface area contributed by atoms with E-state index in [9.17, 15) is 5.11 Å². The average Bonchev–Trinajstić information content (AvgIpc) is 2.31. The maximum atomic E-state index is 9.67. The van der Waals surface area contributed by atoms with Crippen molar-refractivity contribution >= 4 is 21.7 Å². The smallest absolute Gasteiger partial charge is 0.130 e. The number of aromatic hydroxyl groups is 1. The first kappa shape index (κ1) is 12.0. The summed E-state index contributed by atoms with van der Waals surface area (Å²) >= 11 is 0. The molecule has 5 heteroatoms. The van der Waals surface area contributed by atoms with Crippen LogP contribution >= 0.6 is 21.7 Å². The van der Waals surface area contributed by atoms with Gasteiger partial charge in [-0.25, -0.2) is 0 Å². The van der Waals surface area contributed by atoms with E-state index in [4.69, 9.17) is 15.4 Å². The van der Waals surface area contributed by atoms with Crippen molar-refractivity contribution in [2.45, 2.75) is 11.4 Å². The summed E-state index contributed by atoms with van der Waals surface area (Å²) in [5.41, 5.74) is 1.11. The molecular formula is C11H14ClNO2S. The van der Waals surface area contributed by atoms with Crippen LogP contribution in [0.4, 0.5) is 0 Å². The number of phenols is 1. The van der Waals surface area contributed by atoms with Gasteiger partial charge in [0.25, 0.3) is 0 Å². The zero-order valence-electron chi connectivity index (χ0n) is 8.86. The van der Waals surface area contributed by atoms with Gasteiger partial charge in [0.05, 0.1) is 18.1 Å². The van der Waals surface area contributed by atoms with Gasteiger partial charge in [-0.15, -0.1) is 0 Å². The Labute approximate surface area is 104 Å². The van der Waals surface area contributed by atoms with Gasteiger partial charge < -0.3 is 9.84 Å².